The number of aromatic amines is 1. The normalized spacial score (nSPS) is 15.1. The number of alkyl halides is 3. The van der Waals surface area contributed by atoms with Gasteiger partial charge < -0.3 is 20.1 Å². The number of anilines is 2. The van der Waals surface area contributed by atoms with Crippen LogP contribution in [0.4, 0.5) is 29.6 Å². The van der Waals surface area contributed by atoms with Crippen molar-refractivity contribution in [1.82, 2.24) is 14.9 Å². The van der Waals surface area contributed by atoms with Crippen molar-refractivity contribution in [2.24, 2.45) is 0 Å². The number of rotatable bonds is 2. The predicted molar refractivity (Wildman–Crippen MR) is 100 cm³/mol. The second-order valence-electron chi connectivity index (χ2n) is 6.56. The number of nitrogens with zero attached hydrogens (tertiary/aromatic N) is 3. The molecule has 3 aromatic rings. The van der Waals surface area contributed by atoms with Gasteiger partial charge in [-0.1, -0.05) is 12.1 Å². The van der Waals surface area contributed by atoms with Crippen LogP contribution in [0.2, 0.25) is 0 Å². The van der Waals surface area contributed by atoms with E-state index in [0.29, 0.717) is 31.9 Å². The van der Waals surface area contributed by atoms with Gasteiger partial charge >= 0.3 is 12.2 Å². The van der Waals surface area contributed by atoms with Crippen LogP contribution in [0.1, 0.15) is 5.56 Å². The number of carbonyl (C=O) groups excluding carboxylic acids is 1. The lowest BCUT2D eigenvalue weighted by molar-refractivity contribution is -0.137. The van der Waals surface area contributed by atoms with E-state index in [4.69, 9.17) is 0 Å². The summed E-state index contributed by atoms with van der Waals surface area (Å²) in [6, 6.07) is 11.8. The minimum Gasteiger partial charge on any atom is -0.339 e. The molecule has 1 aliphatic heterocycles. The summed E-state index contributed by atoms with van der Waals surface area (Å²) in [5, 5.41) is 2.64. The van der Waals surface area contributed by atoms with Gasteiger partial charge in [0.05, 0.1) is 16.6 Å². The Hall–Kier alpha value is -3.23. The fourth-order valence-electron chi connectivity index (χ4n) is 3.16. The number of halogens is 3. The third-order valence-electron chi connectivity index (χ3n) is 4.71. The molecule has 1 aromatic heterocycles. The lowest BCUT2D eigenvalue weighted by Crippen LogP contribution is -2.50. The zero-order valence-corrected chi connectivity index (χ0v) is 14.8. The second kappa shape index (κ2) is 7.06. The Morgan fingerprint density at radius 3 is 2.32 bits per heavy atom. The first-order chi connectivity index (χ1) is 13.4. The smallest absolute Gasteiger partial charge is 0.339 e. The first-order valence-electron chi connectivity index (χ1n) is 8.83. The van der Waals surface area contributed by atoms with Gasteiger partial charge in [0, 0.05) is 31.9 Å². The maximum absolute atomic E-state index is 12.6. The fraction of sp³-hybridized carbons (Fsp3) is 0.263. The van der Waals surface area contributed by atoms with E-state index in [1.807, 2.05) is 24.3 Å². The van der Waals surface area contributed by atoms with Crippen molar-refractivity contribution in [3.05, 3.63) is 54.1 Å². The highest BCUT2D eigenvalue weighted by Gasteiger charge is 2.30. The lowest BCUT2D eigenvalue weighted by atomic mass is 10.2. The molecule has 0 saturated carbocycles. The summed E-state index contributed by atoms with van der Waals surface area (Å²) >= 11 is 0. The Balaban J connectivity index is 1.35. The molecule has 0 bridgehead atoms. The summed E-state index contributed by atoms with van der Waals surface area (Å²) in [6.45, 7) is 2.20. The molecule has 2 amide bonds. The predicted octanol–water partition coefficient (Wildman–Crippen LogP) is 3.94. The van der Waals surface area contributed by atoms with Crippen LogP contribution in [0.25, 0.3) is 11.0 Å². The quantitative estimate of drug-likeness (QED) is 0.698. The lowest BCUT2D eigenvalue weighted by Gasteiger charge is -2.34. The highest BCUT2D eigenvalue weighted by molar-refractivity contribution is 5.89. The van der Waals surface area contributed by atoms with Crippen LogP contribution in [0.5, 0.6) is 0 Å². The van der Waals surface area contributed by atoms with E-state index in [-0.39, 0.29) is 6.03 Å². The first-order valence-corrected chi connectivity index (χ1v) is 8.83. The van der Waals surface area contributed by atoms with Crippen molar-refractivity contribution in [3.63, 3.8) is 0 Å². The van der Waals surface area contributed by atoms with Crippen molar-refractivity contribution >= 4 is 28.7 Å². The maximum Gasteiger partial charge on any atom is 0.416 e. The SMILES string of the molecule is O=C(Nc1ccc(C(F)(F)F)cc1)N1CCN(c2nc3ccccc3[nH]2)CC1. The van der Waals surface area contributed by atoms with Crippen molar-refractivity contribution in [2.45, 2.75) is 6.18 Å². The van der Waals surface area contributed by atoms with Gasteiger partial charge in [0.2, 0.25) is 5.95 Å². The highest BCUT2D eigenvalue weighted by Crippen LogP contribution is 2.29. The van der Waals surface area contributed by atoms with E-state index in [1.54, 1.807) is 4.90 Å². The number of urea groups is 1. The fourth-order valence-corrected chi connectivity index (χ4v) is 3.16. The minimum absolute atomic E-state index is 0.330. The van der Waals surface area contributed by atoms with Crippen LogP contribution in [-0.4, -0.2) is 47.1 Å². The van der Waals surface area contributed by atoms with Crippen LogP contribution in [0, 0.1) is 0 Å². The van der Waals surface area contributed by atoms with Gasteiger partial charge in [0.25, 0.3) is 0 Å². The molecule has 2 N–H and O–H groups in total. The van der Waals surface area contributed by atoms with Gasteiger partial charge in [0.15, 0.2) is 0 Å². The monoisotopic (exact) mass is 389 g/mol. The molecule has 1 saturated heterocycles. The van der Waals surface area contributed by atoms with Gasteiger partial charge in [-0.3, -0.25) is 0 Å². The maximum atomic E-state index is 12.6. The van der Waals surface area contributed by atoms with Crippen LogP contribution in [-0.2, 0) is 6.18 Å². The molecule has 1 fully saturated rings. The zero-order valence-electron chi connectivity index (χ0n) is 14.8. The molecular weight excluding hydrogens is 371 g/mol. The van der Waals surface area contributed by atoms with Gasteiger partial charge in [0.1, 0.15) is 0 Å². The van der Waals surface area contributed by atoms with Crippen molar-refractivity contribution in [1.29, 1.82) is 0 Å². The van der Waals surface area contributed by atoms with Crippen molar-refractivity contribution in [2.75, 3.05) is 36.4 Å². The summed E-state index contributed by atoms with van der Waals surface area (Å²) in [6.07, 6.45) is -4.39. The number of benzene rings is 2. The second-order valence-corrected chi connectivity index (χ2v) is 6.56. The third-order valence-corrected chi connectivity index (χ3v) is 4.71. The number of imidazole rings is 1. The van der Waals surface area contributed by atoms with Crippen molar-refractivity contribution in [3.8, 4) is 0 Å². The Bertz CT molecular complexity index is 942. The molecule has 146 valence electrons. The summed E-state index contributed by atoms with van der Waals surface area (Å²) < 4.78 is 37.8. The average molecular weight is 389 g/mol. The van der Waals surface area contributed by atoms with Crippen LogP contribution < -0.4 is 10.2 Å². The van der Waals surface area contributed by atoms with Crippen molar-refractivity contribution < 1.29 is 18.0 Å². The molecule has 1 aliphatic rings. The Labute approximate surface area is 159 Å². The van der Waals surface area contributed by atoms with Gasteiger partial charge in [-0.2, -0.15) is 13.2 Å². The molecule has 2 heterocycles. The summed E-state index contributed by atoms with van der Waals surface area (Å²) in [5.41, 5.74) is 1.43. The molecule has 28 heavy (non-hydrogen) atoms. The molecule has 2 aromatic carbocycles. The average Bonchev–Trinajstić information content (AvgIpc) is 3.12. The zero-order chi connectivity index (χ0) is 19.7. The topological polar surface area (TPSA) is 64.3 Å². The molecule has 6 nitrogen and oxygen atoms in total. The molecule has 0 atom stereocenters. The molecule has 0 aliphatic carbocycles. The number of H-pyrrole nitrogens is 1. The van der Waals surface area contributed by atoms with Gasteiger partial charge in [-0.25, -0.2) is 9.78 Å². The number of amides is 2. The standard InChI is InChI=1S/C19H18F3N5O/c20-19(21,22)13-5-7-14(8-6-13)23-18(28)27-11-9-26(10-12-27)17-24-15-3-1-2-4-16(15)25-17/h1-8H,9-12H2,(H,23,28)(H,24,25). The number of piperazine rings is 1. The summed E-state index contributed by atoms with van der Waals surface area (Å²) in [7, 11) is 0. The number of carbonyl (C=O) groups is 1. The number of hydrogen-bond acceptors (Lipinski definition) is 3. The Kier molecular flexibility index (Phi) is 4.58. The van der Waals surface area contributed by atoms with E-state index in [2.05, 4.69) is 20.2 Å². The summed E-state index contributed by atoms with van der Waals surface area (Å²) in [5.74, 6) is 0.768. The van der Waals surface area contributed by atoms with E-state index >= 15 is 0 Å². The highest BCUT2D eigenvalue weighted by atomic mass is 19.4. The van der Waals surface area contributed by atoms with Gasteiger partial charge in [-0.05, 0) is 36.4 Å². The van der Waals surface area contributed by atoms with E-state index in [9.17, 15) is 18.0 Å². The van der Waals surface area contributed by atoms with Crippen LogP contribution in [0.15, 0.2) is 48.5 Å². The largest absolute Gasteiger partial charge is 0.416 e. The first kappa shape index (κ1) is 18.1. The molecular formula is C19H18F3N5O. The Morgan fingerprint density at radius 2 is 1.68 bits per heavy atom. The van der Waals surface area contributed by atoms with Crippen LogP contribution in [0.3, 0.4) is 0 Å². The molecule has 0 radical (unpaired) electrons. The number of nitrogens with one attached hydrogen (secondary N) is 2. The van der Waals surface area contributed by atoms with E-state index in [0.717, 1.165) is 29.1 Å². The minimum atomic E-state index is -4.39. The number of fused-ring (bicyclic) bond motifs is 1. The molecule has 0 unspecified atom stereocenters. The van der Waals surface area contributed by atoms with Crippen LogP contribution >= 0.6 is 0 Å². The number of aromatic nitrogens is 2. The molecule has 4 rings (SSSR count). The van der Waals surface area contributed by atoms with E-state index < -0.39 is 11.7 Å². The Morgan fingerprint density at radius 1 is 1.00 bits per heavy atom. The number of para-hydroxylation sites is 2. The molecule has 9 heteroatoms. The third kappa shape index (κ3) is 3.73. The van der Waals surface area contributed by atoms with E-state index in [1.165, 1.54) is 12.1 Å². The van der Waals surface area contributed by atoms with Gasteiger partial charge in [-0.15, -0.1) is 0 Å². The molecule has 0 spiro atoms. The number of hydrogen-bond donors (Lipinski definition) is 2. The summed E-state index contributed by atoms with van der Waals surface area (Å²) in [4.78, 5) is 23.9.